The average Bonchev–Trinajstić information content (AvgIpc) is 2.90. The fourth-order valence-corrected chi connectivity index (χ4v) is 2.54. The normalized spacial score (nSPS) is 10.3. The Labute approximate surface area is 120 Å². The molecule has 0 bridgehead atoms. The fourth-order valence-electron chi connectivity index (χ4n) is 1.77. The Morgan fingerprint density at radius 1 is 1.53 bits per heavy atom. The minimum absolute atomic E-state index is 0.274. The van der Waals surface area contributed by atoms with Crippen molar-refractivity contribution in [3.8, 4) is 5.75 Å². The van der Waals surface area contributed by atoms with Crippen molar-refractivity contribution < 1.29 is 9.53 Å². The van der Waals surface area contributed by atoms with E-state index in [0.717, 1.165) is 12.0 Å². The van der Waals surface area contributed by atoms with Gasteiger partial charge in [0.2, 0.25) is 0 Å². The second kappa shape index (κ2) is 6.04. The highest BCUT2D eigenvalue weighted by Gasteiger charge is 2.17. The maximum absolute atomic E-state index is 12.2. The van der Waals surface area contributed by atoms with Crippen molar-refractivity contribution >= 4 is 34.0 Å². The number of halogens is 1. The molecule has 0 aliphatic carbocycles. The molecule has 1 aromatic heterocycles. The molecule has 0 fully saturated rings. The number of nitrogens with zero attached hydrogens (tertiary/aromatic N) is 1. The van der Waals surface area contributed by atoms with Crippen LogP contribution >= 0.6 is 22.9 Å². The number of thiazole rings is 1. The fraction of sp³-hybridized carbons (Fsp3) is 0.231. The quantitative estimate of drug-likeness (QED) is 0.937. The molecule has 1 heterocycles. The Hall–Kier alpha value is -1.59. The van der Waals surface area contributed by atoms with E-state index in [1.165, 1.54) is 11.3 Å². The number of carbonyl (C=O) groups is 1. The first-order valence-corrected chi connectivity index (χ1v) is 6.98. The SMILES string of the molecule is CCc1cc(Cl)cc(C(=O)Nc2nccs2)c1OC. The van der Waals surface area contributed by atoms with Gasteiger partial charge in [0.1, 0.15) is 5.75 Å². The lowest BCUT2D eigenvalue weighted by molar-refractivity contribution is 0.102. The second-order valence-electron chi connectivity index (χ2n) is 3.79. The van der Waals surface area contributed by atoms with Crippen LogP contribution < -0.4 is 10.1 Å². The molecule has 0 saturated heterocycles. The van der Waals surface area contributed by atoms with Crippen molar-refractivity contribution in [2.24, 2.45) is 0 Å². The number of anilines is 1. The van der Waals surface area contributed by atoms with Crippen LogP contribution in [0.15, 0.2) is 23.7 Å². The number of carbonyl (C=O) groups excluding carboxylic acids is 1. The van der Waals surface area contributed by atoms with Crippen LogP contribution in [-0.4, -0.2) is 18.0 Å². The third-order valence-electron chi connectivity index (χ3n) is 2.61. The Balaban J connectivity index is 2.37. The van der Waals surface area contributed by atoms with Crippen molar-refractivity contribution in [3.63, 3.8) is 0 Å². The summed E-state index contributed by atoms with van der Waals surface area (Å²) in [6, 6.07) is 3.41. The highest BCUT2D eigenvalue weighted by Crippen LogP contribution is 2.29. The van der Waals surface area contributed by atoms with Gasteiger partial charge in [-0.05, 0) is 24.1 Å². The number of aryl methyl sites for hydroxylation is 1. The van der Waals surface area contributed by atoms with Crippen LogP contribution in [0.2, 0.25) is 5.02 Å². The van der Waals surface area contributed by atoms with E-state index in [2.05, 4.69) is 10.3 Å². The van der Waals surface area contributed by atoms with Crippen LogP contribution in [0.3, 0.4) is 0 Å². The minimum atomic E-state index is -0.274. The molecular formula is C13H13ClN2O2S. The van der Waals surface area contributed by atoms with Crippen LogP contribution in [-0.2, 0) is 6.42 Å². The molecule has 0 atom stereocenters. The van der Waals surface area contributed by atoms with Gasteiger partial charge in [-0.2, -0.15) is 0 Å². The molecule has 0 unspecified atom stereocenters. The van der Waals surface area contributed by atoms with E-state index in [-0.39, 0.29) is 5.91 Å². The van der Waals surface area contributed by atoms with Gasteiger partial charge in [-0.25, -0.2) is 4.98 Å². The molecule has 0 spiro atoms. The number of aromatic nitrogens is 1. The van der Waals surface area contributed by atoms with E-state index in [1.807, 2.05) is 6.92 Å². The standard InChI is InChI=1S/C13H13ClN2O2S/c1-3-8-6-9(14)7-10(11(8)18-2)12(17)16-13-15-4-5-19-13/h4-7H,3H2,1-2H3,(H,15,16,17). The molecule has 4 nitrogen and oxygen atoms in total. The van der Waals surface area contributed by atoms with E-state index in [1.54, 1.807) is 30.8 Å². The van der Waals surface area contributed by atoms with Gasteiger partial charge >= 0.3 is 0 Å². The number of hydrogen-bond acceptors (Lipinski definition) is 4. The number of rotatable bonds is 4. The first kappa shape index (κ1) is 13.8. The van der Waals surface area contributed by atoms with Crippen LogP contribution in [0.4, 0.5) is 5.13 Å². The smallest absolute Gasteiger partial charge is 0.261 e. The van der Waals surface area contributed by atoms with Gasteiger partial charge in [-0.15, -0.1) is 11.3 Å². The number of ether oxygens (including phenoxy) is 1. The van der Waals surface area contributed by atoms with Gasteiger partial charge in [0.15, 0.2) is 5.13 Å². The number of amides is 1. The minimum Gasteiger partial charge on any atom is -0.496 e. The summed E-state index contributed by atoms with van der Waals surface area (Å²) < 4.78 is 5.33. The lowest BCUT2D eigenvalue weighted by atomic mass is 10.1. The summed E-state index contributed by atoms with van der Waals surface area (Å²) in [6.07, 6.45) is 2.37. The topological polar surface area (TPSA) is 51.2 Å². The number of methoxy groups -OCH3 is 1. The van der Waals surface area contributed by atoms with E-state index in [0.29, 0.717) is 21.5 Å². The van der Waals surface area contributed by atoms with Gasteiger partial charge < -0.3 is 4.74 Å². The van der Waals surface area contributed by atoms with E-state index >= 15 is 0 Å². The molecule has 1 amide bonds. The third-order valence-corrected chi connectivity index (χ3v) is 3.52. The van der Waals surface area contributed by atoms with Crippen LogP contribution in [0.5, 0.6) is 5.75 Å². The Morgan fingerprint density at radius 2 is 2.32 bits per heavy atom. The number of hydrogen-bond donors (Lipinski definition) is 1. The maximum atomic E-state index is 12.2. The first-order valence-electron chi connectivity index (χ1n) is 5.73. The third kappa shape index (κ3) is 3.05. The molecule has 2 rings (SSSR count). The summed E-state index contributed by atoms with van der Waals surface area (Å²) in [7, 11) is 1.54. The summed E-state index contributed by atoms with van der Waals surface area (Å²) in [6.45, 7) is 1.98. The molecule has 6 heteroatoms. The van der Waals surface area contributed by atoms with E-state index < -0.39 is 0 Å². The Morgan fingerprint density at radius 3 is 2.89 bits per heavy atom. The average molecular weight is 297 g/mol. The van der Waals surface area contributed by atoms with Crippen LogP contribution in [0, 0.1) is 0 Å². The lowest BCUT2D eigenvalue weighted by Crippen LogP contribution is -2.14. The molecule has 100 valence electrons. The monoisotopic (exact) mass is 296 g/mol. The van der Waals surface area contributed by atoms with Gasteiger partial charge in [0, 0.05) is 16.6 Å². The molecular weight excluding hydrogens is 284 g/mol. The van der Waals surface area contributed by atoms with Crippen molar-refractivity contribution in [1.82, 2.24) is 4.98 Å². The lowest BCUT2D eigenvalue weighted by Gasteiger charge is -2.12. The molecule has 19 heavy (non-hydrogen) atoms. The van der Waals surface area contributed by atoms with Crippen LogP contribution in [0.25, 0.3) is 0 Å². The second-order valence-corrected chi connectivity index (χ2v) is 5.12. The maximum Gasteiger partial charge on any atom is 0.261 e. The molecule has 1 aromatic carbocycles. The summed E-state index contributed by atoms with van der Waals surface area (Å²) in [5, 5.41) is 5.58. The Bertz CT molecular complexity index is 585. The van der Waals surface area contributed by atoms with Crippen molar-refractivity contribution in [3.05, 3.63) is 39.9 Å². The van der Waals surface area contributed by atoms with Crippen LogP contribution in [0.1, 0.15) is 22.8 Å². The predicted octanol–water partition coefficient (Wildman–Crippen LogP) is 3.62. The van der Waals surface area contributed by atoms with Gasteiger partial charge in [0.05, 0.1) is 12.7 Å². The summed E-state index contributed by atoms with van der Waals surface area (Å²) in [5.41, 5.74) is 1.32. The van der Waals surface area contributed by atoms with Crippen molar-refractivity contribution in [2.75, 3.05) is 12.4 Å². The van der Waals surface area contributed by atoms with Crippen molar-refractivity contribution in [1.29, 1.82) is 0 Å². The molecule has 0 aliphatic rings. The van der Waals surface area contributed by atoms with Gasteiger partial charge in [-0.3, -0.25) is 10.1 Å². The number of benzene rings is 1. The highest BCUT2D eigenvalue weighted by atomic mass is 35.5. The van der Waals surface area contributed by atoms with Gasteiger partial charge in [0.25, 0.3) is 5.91 Å². The first-order chi connectivity index (χ1) is 9.15. The summed E-state index contributed by atoms with van der Waals surface area (Å²) in [4.78, 5) is 16.2. The van der Waals surface area contributed by atoms with Gasteiger partial charge in [-0.1, -0.05) is 18.5 Å². The summed E-state index contributed by atoms with van der Waals surface area (Å²) in [5.74, 6) is 0.282. The van der Waals surface area contributed by atoms with Crippen molar-refractivity contribution in [2.45, 2.75) is 13.3 Å². The number of nitrogens with one attached hydrogen (secondary N) is 1. The zero-order chi connectivity index (χ0) is 13.8. The molecule has 0 aliphatic heterocycles. The zero-order valence-corrected chi connectivity index (χ0v) is 12.1. The molecule has 2 aromatic rings. The summed E-state index contributed by atoms with van der Waals surface area (Å²) >= 11 is 7.39. The molecule has 0 saturated carbocycles. The zero-order valence-electron chi connectivity index (χ0n) is 10.6. The van der Waals surface area contributed by atoms with E-state index in [4.69, 9.17) is 16.3 Å². The Kier molecular flexibility index (Phi) is 4.39. The van der Waals surface area contributed by atoms with E-state index in [9.17, 15) is 4.79 Å². The highest BCUT2D eigenvalue weighted by molar-refractivity contribution is 7.13. The molecule has 1 N–H and O–H groups in total. The predicted molar refractivity (Wildman–Crippen MR) is 77.4 cm³/mol. The largest absolute Gasteiger partial charge is 0.496 e. The molecule has 0 radical (unpaired) electrons.